The fourth-order valence-corrected chi connectivity index (χ4v) is 3.67. The lowest BCUT2D eigenvalue weighted by Crippen LogP contribution is -2.11. The van der Waals surface area contributed by atoms with Gasteiger partial charge in [-0.2, -0.15) is 5.10 Å². The fraction of sp³-hybridized carbons (Fsp3) is 0.333. The van der Waals surface area contributed by atoms with E-state index >= 15 is 0 Å². The SMILES string of the molecule is Cc1ccc(CO)cc1NC(=O)c1cc2c(C(C)C)nn(C)c2s1. The lowest BCUT2D eigenvalue weighted by Gasteiger charge is -2.09. The number of aryl methyl sites for hydroxylation is 2. The summed E-state index contributed by atoms with van der Waals surface area (Å²) in [6.45, 7) is 6.09. The lowest BCUT2D eigenvalue weighted by atomic mass is 10.1. The second kappa shape index (κ2) is 6.37. The van der Waals surface area contributed by atoms with Gasteiger partial charge < -0.3 is 10.4 Å². The lowest BCUT2D eigenvalue weighted by molar-refractivity contribution is 0.103. The van der Waals surface area contributed by atoms with Crippen molar-refractivity contribution in [3.8, 4) is 0 Å². The highest BCUT2D eigenvalue weighted by Crippen LogP contribution is 2.32. The summed E-state index contributed by atoms with van der Waals surface area (Å²) < 4.78 is 1.84. The van der Waals surface area contributed by atoms with E-state index in [2.05, 4.69) is 24.3 Å². The molecule has 2 N–H and O–H groups in total. The highest BCUT2D eigenvalue weighted by Gasteiger charge is 2.18. The number of hydrogen-bond donors (Lipinski definition) is 2. The third-order valence-electron chi connectivity index (χ3n) is 4.04. The van der Waals surface area contributed by atoms with Crippen LogP contribution in [0, 0.1) is 6.92 Å². The number of thiophene rings is 1. The van der Waals surface area contributed by atoms with Crippen LogP contribution in [0.15, 0.2) is 24.3 Å². The number of carbonyl (C=O) groups excluding carboxylic acids is 1. The van der Waals surface area contributed by atoms with Gasteiger partial charge in [0, 0.05) is 18.1 Å². The van der Waals surface area contributed by atoms with Gasteiger partial charge in [0.1, 0.15) is 4.83 Å². The molecule has 0 bridgehead atoms. The molecule has 0 saturated carbocycles. The Morgan fingerprint density at radius 1 is 1.38 bits per heavy atom. The summed E-state index contributed by atoms with van der Waals surface area (Å²) in [4.78, 5) is 14.3. The Kier molecular flexibility index (Phi) is 4.43. The van der Waals surface area contributed by atoms with Gasteiger partial charge in [-0.05, 0) is 36.1 Å². The van der Waals surface area contributed by atoms with Crippen molar-refractivity contribution in [3.05, 3.63) is 46.0 Å². The molecule has 5 nitrogen and oxygen atoms in total. The number of nitrogens with zero attached hydrogens (tertiary/aromatic N) is 2. The van der Waals surface area contributed by atoms with Crippen LogP contribution in [0.3, 0.4) is 0 Å². The van der Waals surface area contributed by atoms with E-state index < -0.39 is 0 Å². The molecule has 0 unspecified atom stereocenters. The molecule has 3 rings (SSSR count). The molecule has 0 aliphatic rings. The van der Waals surface area contributed by atoms with Crippen molar-refractivity contribution in [1.82, 2.24) is 9.78 Å². The first kappa shape index (κ1) is 16.7. The van der Waals surface area contributed by atoms with Gasteiger partial charge in [0.2, 0.25) is 0 Å². The predicted molar refractivity (Wildman–Crippen MR) is 97.7 cm³/mol. The molecular weight excluding hydrogens is 322 g/mol. The van der Waals surface area contributed by atoms with E-state index in [0.29, 0.717) is 10.8 Å². The van der Waals surface area contributed by atoms with Gasteiger partial charge in [0.25, 0.3) is 5.91 Å². The van der Waals surface area contributed by atoms with Crippen molar-refractivity contribution in [2.75, 3.05) is 5.32 Å². The predicted octanol–water partition coefficient (Wildman–Crippen LogP) is 3.81. The Labute approximate surface area is 144 Å². The first-order valence-corrected chi connectivity index (χ1v) is 8.70. The van der Waals surface area contributed by atoms with E-state index in [1.807, 2.05) is 42.9 Å². The van der Waals surface area contributed by atoms with Gasteiger partial charge in [-0.25, -0.2) is 0 Å². The van der Waals surface area contributed by atoms with Crippen LogP contribution in [-0.2, 0) is 13.7 Å². The number of aliphatic hydroxyl groups is 1. The number of amides is 1. The Hall–Kier alpha value is -2.18. The van der Waals surface area contributed by atoms with Crippen LogP contribution in [0.5, 0.6) is 0 Å². The smallest absolute Gasteiger partial charge is 0.265 e. The van der Waals surface area contributed by atoms with Crippen molar-refractivity contribution < 1.29 is 9.90 Å². The maximum atomic E-state index is 12.6. The number of anilines is 1. The average Bonchev–Trinajstić information content (AvgIpc) is 3.10. The molecule has 1 aromatic carbocycles. The number of hydrogen-bond acceptors (Lipinski definition) is 4. The van der Waals surface area contributed by atoms with E-state index in [1.54, 1.807) is 0 Å². The normalized spacial score (nSPS) is 11.4. The zero-order valence-corrected chi connectivity index (χ0v) is 15.1. The first-order chi connectivity index (χ1) is 11.4. The third-order valence-corrected chi connectivity index (χ3v) is 5.24. The van der Waals surface area contributed by atoms with Crippen molar-refractivity contribution in [1.29, 1.82) is 0 Å². The van der Waals surface area contributed by atoms with Gasteiger partial charge in [0.15, 0.2) is 0 Å². The summed E-state index contributed by atoms with van der Waals surface area (Å²) in [5.41, 5.74) is 3.48. The second-order valence-electron chi connectivity index (χ2n) is 6.25. The molecule has 3 aromatic rings. The fourth-order valence-electron chi connectivity index (χ4n) is 2.69. The number of fused-ring (bicyclic) bond motifs is 1. The number of benzene rings is 1. The molecule has 0 fully saturated rings. The number of carbonyl (C=O) groups is 1. The van der Waals surface area contributed by atoms with E-state index in [4.69, 9.17) is 0 Å². The summed E-state index contributed by atoms with van der Waals surface area (Å²) in [5.74, 6) is 0.173. The average molecular weight is 343 g/mol. The van der Waals surface area contributed by atoms with Gasteiger partial charge in [-0.15, -0.1) is 11.3 Å². The summed E-state index contributed by atoms with van der Waals surface area (Å²) in [6, 6.07) is 7.47. The molecule has 2 heterocycles. The minimum atomic E-state index is -0.135. The van der Waals surface area contributed by atoms with Gasteiger partial charge >= 0.3 is 0 Å². The van der Waals surface area contributed by atoms with Gasteiger partial charge in [-0.1, -0.05) is 26.0 Å². The van der Waals surface area contributed by atoms with E-state index in [9.17, 15) is 9.90 Å². The largest absolute Gasteiger partial charge is 0.392 e. The molecule has 0 atom stereocenters. The molecule has 0 radical (unpaired) electrons. The molecule has 24 heavy (non-hydrogen) atoms. The van der Waals surface area contributed by atoms with Gasteiger partial charge in [0.05, 0.1) is 17.2 Å². The summed E-state index contributed by atoms with van der Waals surface area (Å²) in [7, 11) is 1.90. The first-order valence-electron chi connectivity index (χ1n) is 7.89. The molecule has 0 spiro atoms. The maximum Gasteiger partial charge on any atom is 0.265 e. The van der Waals surface area contributed by atoms with Crippen molar-refractivity contribution >= 4 is 33.1 Å². The topological polar surface area (TPSA) is 67.2 Å². The molecule has 0 aliphatic carbocycles. The number of rotatable bonds is 4. The van der Waals surface area contributed by atoms with Crippen LogP contribution in [0.4, 0.5) is 5.69 Å². The van der Waals surface area contributed by atoms with Crippen molar-refractivity contribution in [2.45, 2.75) is 33.3 Å². The van der Waals surface area contributed by atoms with Gasteiger partial charge in [-0.3, -0.25) is 9.48 Å². The standard InChI is InChI=1S/C18H21N3O2S/c1-10(2)16-13-8-15(24-18(13)21(4)20-16)17(23)19-14-7-12(9-22)6-5-11(14)3/h5-8,10,22H,9H2,1-4H3,(H,19,23). The Morgan fingerprint density at radius 3 is 2.79 bits per heavy atom. The minimum Gasteiger partial charge on any atom is -0.392 e. The van der Waals surface area contributed by atoms with Crippen LogP contribution in [0.2, 0.25) is 0 Å². The summed E-state index contributed by atoms with van der Waals surface area (Å²) >= 11 is 1.44. The van der Waals surface area contributed by atoms with Crippen LogP contribution >= 0.6 is 11.3 Å². The Morgan fingerprint density at radius 2 is 2.12 bits per heavy atom. The maximum absolute atomic E-state index is 12.6. The van der Waals surface area contributed by atoms with E-state index in [1.165, 1.54) is 11.3 Å². The zero-order chi connectivity index (χ0) is 17.4. The van der Waals surface area contributed by atoms with E-state index in [-0.39, 0.29) is 12.5 Å². The molecular formula is C18H21N3O2S. The Bertz CT molecular complexity index is 909. The minimum absolute atomic E-state index is 0.0462. The van der Waals surface area contributed by atoms with Crippen LogP contribution < -0.4 is 5.32 Å². The molecule has 0 saturated heterocycles. The second-order valence-corrected chi connectivity index (χ2v) is 7.29. The van der Waals surface area contributed by atoms with Crippen LogP contribution in [-0.4, -0.2) is 20.8 Å². The summed E-state index contributed by atoms with van der Waals surface area (Å²) in [6.07, 6.45) is 0. The molecule has 126 valence electrons. The van der Waals surface area contributed by atoms with Crippen molar-refractivity contribution in [3.63, 3.8) is 0 Å². The van der Waals surface area contributed by atoms with Crippen molar-refractivity contribution in [2.24, 2.45) is 7.05 Å². The summed E-state index contributed by atoms with van der Waals surface area (Å²) in [5, 5.41) is 17.8. The Balaban J connectivity index is 1.93. The number of aliphatic hydroxyl groups excluding tert-OH is 1. The molecule has 2 aromatic heterocycles. The third kappa shape index (κ3) is 2.95. The highest BCUT2D eigenvalue weighted by atomic mass is 32.1. The number of aromatic nitrogens is 2. The monoisotopic (exact) mass is 343 g/mol. The van der Waals surface area contributed by atoms with E-state index in [0.717, 1.165) is 32.7 Å². The zero-order valence-electron chi connectivity index (χ0n) is 14.3. The molecule has 1 amide bonds. The molecule has 6 heteroatoms. The number of nitrogens with one attached hydrogen (secondary N) is 1. The van der Waals surface area contributed by atoms with Crippen LogP contribution in [0.1, 0.15) is 46.3 Å². The highest BCUT2D eigenvalue weighted by molar-refractivity contribution is 7.20. The quantitative estimate of drug-likeness (QED) is 0.757. The molecule has 0 aliphatic heterocycles. The van der Waals surface area contributed by atoms with Crippen LogP contribution in [0.25, 0.3) is 10.2 Å².